The van der Waals surface area contributed by atoms with Crippen molar-refractivity contribution in [1.82, 2.24) is 19.4 Å². The number of imidazole rings is 1. The van der Waals surface area contributed by atoms with Crippen molar-refractivity contribution in [2.45, 2.75) is 82.3 Å². The number of piperidine rings is 2. The van der Waals surface area contributed by atoms with E-state index in [1.807, 2.05) is 4.90 Å². The number of hydrogen-bond donors (Lipinski definition) is 1. The van der Waals surface area contributed by atoms with E-state index in [2.05, 4.69) is 71.8 Å². The molecule has 3 saturated heterocycles. The Labute approximate surface area is 270 Å². The minimum absolute atomic E-state index is 0.00487. The maximum absolute atomic E-state index is 13.6. The molecule has 0 saturated carbocycles. The molecule has 2 bridgehead atoms. The first-order valence-electron chi connectivity index (χ1n) is 16.4. The van der Waals surface area contributed by atoms with Crippen molar-refractivity contribution >= 4 is 34.4 Å². The number of amides is 2. The van der Waals surface area contributed by atoms with Crippen LogP contribution in [-0.2, 0) is 5.41 Å². The summed E-state index contributed by atoms with van der Waals surface area (Å²) in [6.07, 6.45) is 7.71. The summed E-state index contributed by atoms with van der Waals surface area (Å²) in [5.74, 6) is 0.420. The van der Waals surface area contributed by atoms with Crippen LogP contribution in [0, 0.1) is 13.8 Å². The summed E-state index contributed by atoms with van der Waals surface area (Å²) in [6, 6.07) is 23.9. The van der Waals surface area contributed by atoms with Crippen molar-refractivity contribution in [2.75, 3.05) is 19.6 Å². The number of fused-ring (bicyclic) bond motifs is 3. The second-order valence-corrected chi connectivity index (χ2v) is 13.9. The Morgan fingerprint density at radius 1 is 0.933 bits per heavy atom. The average molecular weight is 624 g/mol. The van der Waals surface area contributed by atoms with E-state index in [1.54, 1.807) is 12.1 Å². The Bertz CT molecular complexity index is 1740. The zero-order valence-electron chi connectivity index (χ0n) is 26.2. The highest BCUT2D eigenvalue weighted by molar-refractivity contribution is 6.34. The number of benzene rings is 3. The maximum Gasteiger partial charge on any atom is 0.255 e. The Kier molecular flexibility index (Phi) is 7.95. The molecule has 0 aliphatic carbocycles. The number of nitrogens with two attached hydrogens (primary N) is 1. The highest BCUT2D eigenvalue weighted by atomic mass is 35.5. The first kappa shape index (κ1) is 30.0. The third-order valence-corrected chi connectivity index (χ3v) is 11.3. The standard InChI is InChI=1S/C37H42ClN5O2/c1-24-6-5-7-27(20-24)37(14-17-41(18-15-37)36(45)31-21-26(35(39)44)10-13-32(31)38)16-19-42-28-11-12-29(42)23-30(22-28)43-25(2)40-33-8-3-4-9-34(33)43/h3-10,13,20-21,28-30H,11-12,14-19,22-23H2,1-2H3,(H2,39,44)/t28-,29+,30+. The molecule has 45 heavy (non-hydrogen) atoms. The average Bonchev–Trinajstić information content (AvgIpc) is 3.50. The van der Waals surface area contributed by atoms with Gasteiger partial charge in [-0.25, -0.2) is 4.98 Å². The Morgan fingerprint density at radius 2 is 1.67 bits per heavy atom. The van der Waals surface area contributed by atoms with Crippen molar-refractivity contribution < 1.29 is 9.59 Å². The number of rotatable bonds is 7. The lowest BCUT2D eigenvalue weighted by Gasteiger charge is -2.46. The van der Waals surface area contributed by atoms with Crippen molar-refractivity contribution in [3.63, 3.8) is 0 Å². The van der Waals surface area contributed by atoms with Crippen LogP contribution in [0.4, 0.5) is 0 Å². The highest BCUT2D eigenvalue weighted by Crippen LogP contribution is 2.45. The third-order valence-electron chi connectivity index (χ3n) is 11.0. The molecule has 7 nitrogen and oxygen atoms in total. The number of hydrogen-bond acceptors (Lipinski definition) is 4. The van der Waals surface area contributed by atoms with Crippen molar-refractivity contribution in [1.29, 1.82) is 0 Å². The minimum Gasteiger partial charge on any atom is -0.366 e. The van der Waals surface area contributed by atoms with Gasteiger partial charge in [0.1, 0.15) is 5.82 Å². The number of primary amides is 1. The second-order valence-electron chi connectivity index (χ2n) is 13.5. The van der Waals surface area contributed by atoms with Crippen LogP contribution in [-0.4, -0.2) is 62.9 Å². The van der Waals surface area contributed by atoms with Gasteiger partial charge in [0.2, 0.25) is 5.91 Å². The molecule has 3 atom stereocenters. The van der Waals surface area contributed by atoms with Gasteiger partial charge in [-0.2, -0.15) is 0 Å². The van der Waals surface area contributed by atoms with E-state index in [4.69, 9.17) is 22.3 Å². The number of likely N-dealkylation sites (tertiary alicyclic amines) is 1. The Balaban J connectivity index is 1.08. The van der Waals surface area contributed by atoms with Gasteiger partial charge in [-0.3, -0.25) is 14.5 Å². The Hall–Kier alpha value is -3.68. The molecule has 7 rings (SSSR count). The molecule has 0 unspecified atom stereocenters. The quantitative estimate of drug-likeness (QED) is 0.244. The largest absolute Gasteiger partial charge is 0.366 e. The molecule has 3 aliphatic heterocycles. The van der Waals surface area contributed by atoms with E-state index in [-0.39, 0.29) is 11.3 Å². The fraction of sp³-hybridized carbons (Fsp3) is 0.432. The van der Waals surface area contributed by atoms with Gasteiger partial charge in [0.25, 0.3) is 5.91 Å². The fourth-order valence-electron chi connectivity index (χ4n) is 8.60. The van der Waals surface area contributed by atoms with Crippen molar-refractivity contribution in [3.05, 3.63) is 99.8 Å². The van der Waals surface area contributed by atoms with Gasteiger partial charge in [0.15, 0.2) is 0 Å². The minimum atomic E-state index is -0.565. The molecule has 3 aromatic carbocycles. The summed E-state index contributed by atoms with van der Waals surface area (Å²) in [4.78, 5) is 35.0. The van der Waals surface area contributed by atoms with Gasteiger partial charge in [-0.1, -0.05) is 53.6 Å². The van der Waals surface area contributed by atoms with Gasteiger partial charge >= 0.3 is 0 Å². The monoisotopic (exact) mass is 623 g/mol. The van der Waals surface area contributed by atoms with Crippen LogP contribution in [0.1, 0.15) is 88.7 Å². The lowest BCUT2D eigenvalue weighted by atomic mass is 9.70. The second kappa shape index (κ2) is 11.9. The molecular formula is C37H42ClN5O2. The number of para-hydroxylation sites is 2. The zero-order valence-corrected chi connectivity index (χ0v) is 27.0. The SMILES string of the molecule is Cc1cccc(C2(CCN3[C@@H]4CC[C@H]3C[C@@H](n3c(C)nc5ccccc53)C4)CCN(C(=O)c3cc(C(N)=O)ccc3Cl)CC2)c1. The van der Waals surface area contributed by atoms with Crippen LogP contribution in [0.3, 0.4) is 0 Å². The first-order valence-corrected chi connectivity index (χ1v) is 16.8. The molecule has 234 valence electrons. The number of carbonyl (C=O) groups excluding carboxylic acids is 2. The zero-order chi connectivity index (χ0) is 31.3. The molecule has 0 spiro atoms. The summed E-state index contributed by atoms with van der Waals surface area (Å²) in [6.45, 7) is 6.67. The van der Waals surface area contributed by atoms with Crippen LogP contribution in [0.15, 0.2) is 66.7 Å². The highest BCUT2D eigenvalue weighted by Gasteiger charge is 2.44. The van der Waals surface area contributed by atoms with Crippen LogP contribution in [0.5, 0.6) is 0 Å². The molecule has 3 fully saturated rings. The Morgan fingerprint density at radius 3 is 2.38 bits per heavy atom. The van der Waals surface area contributed by atoms with Gasteiger partial charge in [-0.05, 0) is 107 Å². The van der Waals surface area contributed by atoms with Crippen molar-refractivity contribution in [2.24, 2.45) is 5.73 Å². The number of nitrogens with zero attached hydrogens (tertiary/aromatic N) is 4. The summed E-state index contributed by atoms with van der Waals surface area (Å²) in [5, 5.41) is 0.346. The van der Waals surface area contributed by atoms with Crippen LogP contribution >= 0.6 is 11.6 Å². The maximum atomic E-state index is 13.6. The number of aromatic nitrogens is 2. The number of halogens is 1. The third kappa shape index (κ3) is 5.55. The van der Waals surface area contributed by atoms with Crippen molar-refractivity contribution in [3.8, 4) is 0 Å². The molecule has 2 amide bonds. The van der Waals surface area contributed by atoms with E-state index in [1.165, 1.54) is 48.4 Å². The lowest BCUT2D eigenvalue weighted by Crippen LogP contribution is -2.49. The van der Waals surface area contributed by atoms with Gasteiger partial charge in [-0.15, -0.1) is 0 Å². The normalized spacial score (nSPS) is 23.0. The molecule has 8 heteroatoms. The van der Waals surface area contributed by atoms with Gasteiger partial charge in [0.05, 0.1) is 21.6 Å². The smallest absolute Gasteiger partial charge is 0.255 e. The molecule has 0 radical (unpaired) electrons. The number of aryl methyl sites for hydroxylation is 2. The van der Waals surface area contributed by atoms with E-state index in [0.29, 0.717) is 47.4 Å². The van der Waals surface area contributed by atoms with E-state index >= 15 is 0 Å². The number of carbonyl (C=O) groups is 2. The molecule has 4 heterocycles. The van der Waals surface area contributed by atoms with Crippen LogP contribution < -0.4 is 5.73 Å². The topological polar surface area (TPSA) is 84.5 Å². The van der Waals surface area contributed by atoms with E-state index in [0.717, 1.165) is 37.1 Å². The predicted molar refractivity (Wildman–Crippen MR) is 179 cm³/mol. The molecular weight excluding hydrogens is 582 g/mol. The lowest BCUT2D eigenvalue weighted by molar-refractivity contribution is 0.0607. The molecule has 1 aromatic heterocycles. The van der Waals surface area contributed by atoms with E-state index < -0.39 is 5.91 Å². The predicted octanol–water partition coefficient (Wildman–Crippen LogP) is 6.84. The fourth-order valence-corrected chi connectivity index (χ4v) is 8.80. The molecule has 3 aliphatic rings. The van der Waals surface area contributed by atoms with Crippen LogP contribution in [0.25, 0.3) is 11.0 Å². The molecule has 4 aromatic rings. The summed E-state index contributed by atoms with van der Waals surface area (Å²) in [5.41, 5.74) is 11.1. The van der Waals surface area contributed by atoms with Gasteiger partial charge in [0, 0.05) is 36.8 Å². The van der Waals surface area contributed by atoms with Gasteiger partial charge < -0.3 is 15.2 Å². The summed E-state index contributed by atoms with van der Waals surface area (Å²) in [7, 11) is 0. The molecule has 2 N–H and O–H groups in total. The van der Waals surface area contributed by atoms with E-state index in [9.17, 15) is 9.59 Å². The van der Waals surface area contributed by atoms with Crippen LogP contribution in [0.2, 0.25) is 5.02 Å². The first-order chi connectivity index (χ1) is 21.7. The summed E-state index contributed by atoms with van der Waals surface area (Å²) >= 11 is 6.42. The summed E-state index contributed by atoms with van der Waals surface area (Å²) < 4.78 is 2.50.